The largest absolute Gasteiger partial charge is 0.481 e. The van der Waals surface area contributed by atoms with Crippen LogP contribution < -0.4 is 4.72 Å². The molecule has 120 valence electrons. The van der Waals surface area contributed by atoms with Crippen LogP contribution in [0.2, 0.25) is 0 Å². The second-order valence-electron chi connectivity index (χ2n) is 6.22. The van der Waals surface area contributed by atoms with Gasteiger partial charge in [-0.25, -0.2) is 18.1 Å². The van der Waals surface area contributed by atoms with Crippen molar-refractivity contribution in [2.75, 3.05) is 0 Å². The maximum Gasteiger partial charge on any atom is 0.304 e. The highest BCUT2D eigenvalue weighted by Crippen LogP contribution is 2.23. The number of carboxylic acids is 1. The van der Waals surface area contributed by atoms with Crippen LogP contribution in [0.1, 0.15) is 40.5 Å². The van der Waals surface area contributed by atoms with Crippen LogP contribution in [0.5, 0.6) is 0 Å². The zero-order valence-electron chi connectivity index (χ0n) is 12.8. The molecule has 1 rings (SSSR count). The van der Waals surface area contributed by atoms with Gasteiger partial charge in [0.05, 0.1) is 12.7 Å². The maximum atomic E-state index is 12.3. The Balaban J connectivity index is 2.92. The van der Waals surface area contributed by atoms with Gasteiger partial charge in [0, 0.05) is 18.8 Å². The predicted molar refractivity (Wildman–Crippen MR) is 78.3 cm³/mol. The molecule has 0 fully saturated rings. The Labute approximate surface area is 125 Å². The third-order valence-corrected chi connectivity index (χ3v) is 4.26. The molecule has 0 aliphatic heterocycles. The van der Waals surface area contributed by atoms with Crippen molar-refractivity contribution in [3.8, 4) is 0 Å². The molecule has 0 radical (unpaired) electrons. The van der Waals surface area contributed by atoms with E-state index >= 15 is 0 Å². The molecule has 0 aliphatic rings. The summed E-state index contributed by atoms with van der Waals surface area (Å²) < 4.78 is 28.6. The number of nitrogens with zero attached hydrogens (tertiary/aromatic N) is 2. The van der Waals surface area contributed by atoms with Crippen molar-refractivity contribution < 1.29 is 18.3 Å². The molecule has 2 N–H and O–H groups in total. The first kappa shape index (κ1) is 17.6. The van der Waals surface area contributed by atoms with E-state index < -0.39 is 22.0 Å². The van der Waals surface area contributed by atoms with Crippen LogP contribution >= 0.6 is 0 Å². The molecule has 0 saturated carbocycles. The molecule has 1 atom stereocenters. The van der Waals surface area contributed by atoms with Crippen LogP contribution in [0.4, 0.5) is 0 Å². The predicted octanol–water partition coefficient (Wildman–Crippen LogP) is 1.46. The Kier molecular flexibility index (Phi) is 5.52. The summed E-state index contributed by atoms with van der Waals surface area (Å²) in [6.07, 6.45) is 3.03. The van der Waals surface area contributed by atoms with Gasteiger partial charge >= 0.3 is 5.97 Å². The molecule has 1 unspecified atom stereocenters. The lowest BCUT2D eigenvalue weighted by molar-refractivity contribution is -0.137. The zero-order valence-corrected chi connectivity index (χ0v) is 13.6. The van der Waals surface area contributed by atoms with Crippen molar-refractivity contribution in [3.05, 3.63) is 12.5 Å². The molecule has 1 heterocycles. The van der Waals surface area contributed by atoms with E-state index in [1.165, 1.54) is 12.5 Å². The molecule has 0 aromatic carbocycles. The Morgan fingerprint density at radius 1 is 1.48 bits per heavy atom. The lowest BCUT2D eigenvalue weighted by Crippen LogP contribution is -2.39. The van der Waals surface area contributed by atoms with Crippen molar-refractivity contribution in [2.24, 2.45) is 5.41 Å². The number of rotatable bonds is 7. The fourth-order valence-electron chi connectivity index (χ4n) is 2.04. The highest BCUT2D eigenvalue weighted by atomic mass is 32.2. The summed E-state index contributed by atoms with van der Waals surface area (Å²) in [5, 5.41) is 8.85. The van der Waals surface area contributed by atoms with Crippen LogP contribution in [0.25, 0.3) is 0 Å². The van der Waals surface area contributed by atoms with Crippen LogP contribution in [0, 0.1) is 5.41 Å². The molecule has 21 heavy (non-hydrogen) atoms. The Hall–Kier alpha value is -1.41. The van der Waals surface area contributed by atoms with E-state index in [4.69, 9.17) is 5.11 Å². The molecule has 8 heteroatoms. The molecule has 0 aliphatic carbocycles. The lowest BCUT2D eigenvalue weighted by Gasteiger charge is -2.25. The average molecular weight is 317 g/mol. The molecule has 0 amide bonds. The summed E-state index contributed by atoms with van der Waals surface area (Å²) in [6, 6.07) is -0.667. The van der Waals surface area contributed by atoms with E-state index in [1.807, 2.05) is 27.7 Å². The van der Waals surface area contributed by atoms with Gasteiger partial charge in [0.1, 0.15) is 0 Å². The van der Waals surface area contributed by atoms with Crippen molar-refractivity contribution in [1.29, 1.82) is 0 Å². The van der Waals surface area contributed by atoms with E-state index in [-0.39, 0.29) is 16.9 Å². The Morgan fingerprint density at radius 2 is 2.10 bits per heavy atom. The molecule has 0 spiro atoms. The third-order valence-electron chi connectivity index (χ3n) is 2.85. The maximum absolute atomic E-state index is 12.3. The lowest BCUT2D eigenvalue weighted by atomic mass is 9.87. The monoisotopic (exact) mass is 317 g/mol. The van der Waals surface area contributed by atoms with Gasteiger partial charge in [0.25, 0.3) is 10.0 Å². The molecule has 1 aromatic rings. The fourth-order valence-corrected chi connectivity index (χ4v) is 3.22. The number of aromatic nitrogens is 2. The van der Waals surface area contributed by atoms with Crippen LogP contribution in [0.15, 0.2) is 17.6 Å². The standard InChI is InChI=1S/C13H23N3O4S/c1-5-16-8-11(14-9-16)21(19,20)15-10(6-12(17)18)7-13(2,3)4/h8-10,15H,5-7H2,1-4H3,(H,17,18). The molecule has 1 aromatic heterocycles. The highest BCUT2D eigenvalue weighted by Gasteiger charge is 2.27. The molecular formula is C13H23N3O4S. The highest BCUT2D eigenvalue weighted by molar-refractivity contribution is 7.89. The second kappa shape index (κ2) is 6.57. The number of nitrogens with one attached hydrogen (secondary N) is 1. The Morgan fingerprint density at radius 3 is 2.52 bits per heavy atom. The molecule has 0 saturated heterocycles. The molecule has 7 nitrogen and oxygen atoms in total. The van der Waals surface area contributed by atoms with Crippen LogP contribution in [-0.4, -0.2) is 35.1 Å². The summed E-state index contributed by atoms with van der Waals surface area (Å²) in [6.45, 7) is 8.28. The summed E-state index contributed by atoms with van der Waals surface area (Å²) >= 11 is 0. The normalized spacial score (nSPS) is 14.1. The Bertz CT molecular complexity index is 587. The fraction of sp³-hybridized carbons (Fsp3) is 0.692. The summed E-state index contributed by atoms with van der Waals surface area (Å²) in [4.78, 5) is 14.8. The van der Waals surface area contributed by atoms with Crippen molar-refractivity contribution in [1.82, 2.24) is 14.3 Å². The second-order valence-corrected chi connectivity index (χ2v) is 7.88. The molecular weight excluding hydrogens is 294 g/mol. The minimum atomic E-state index is -3.81. The first-order valence-electron chi connectivity index (χ1n) is 6.79. The number of imidazole rings is 1. The van der Waals surface area contributed by atoms with E-state index in [0.29, 0.717) is 13.0 Å². The van der Waals surface area contributed by atoms with Gasteiger partial charge in [-0.15, -0.1) is 0 Å². The summed E-state index contributed by atoms with van der Waals surface area (Å²) in [5.41, 5.74) is -0.189. The van der Waals surface area contributed by atoms with E-state index in [0.717, 1.165) is 0 Å². The summed E-state index contributed by atoms with van der Waals surface area (Å²) in [5.74, 6) is -1.04. The van der Waals surface area contributed by atoms with Gasteiger partial charge in [-0.2, -0.15) is 0 Å². The topological polar surface area (TPSA) is 101 Å². The van der Waals surface area contributed by atoms with E-state index in [1.54, 1.807) is 4.57 Å². The number of aliphatic carboxylic acids is 1. The van der Waals surface area contributed by atoms with Crippen molar-refractivity contribution in [2.45, 2.75) is 58.1 Å². The summed E-state index contributed by atoms with van der Waals surface area (Å²) in [7, 11) is -3.81. The number of carbonyl (C=O) groups is 1. The van der Waals surface area contributed by atoms with Gasteiger partial charge in [-0.05, 0) is 18.8 Å². The van der Waals surface area contributed by atoms with Crippen molar-refractivity contribution in [3.63, 3.8) is 0 Å². The zero-order chi connectivity index (χ0) is 16.3. The first-order chi connectivity index (χ1) is 9.53. The van der Waals surface area contributed by atoms with E-state index in [2.05, 4.69) is 9.71 Å². The minimum Gasteiger partial charge on any atom is -0.481 e. The first-order valence-corrected chi connectivity index (χ1v) is 8.27. The number of carboxylic acid groups (broad SMARTS) is 1. The number of sulfonamides is 1. The minimum absolute atomic E-state index is 0.0892. The number of hydrogen-bond donors (Lipinski definition) is 2. The van der Waals surface area contributed by atoms with Gasteiger partial charge in [-0.1, -0.05) is 20.8 Å². The van der Waals surface area contributed by atoms with Gasteiger partial charge in [0.2, 0.25) is 0 Å². The van der Waals surface area contributed by atoms with Gasteiger partial charge in [0.15, 0.2) is 5.03 Å². The smallest absolute Gasteiger partial charge is 0.304 e. The number of aryl methyl sites for hydroxylation is 1. The average Bonchev–Trinajstić information content (AvgIpc) is 2.73. The van der Waals surface area contributed by atoms with Crippen LogP contribution in [0.3, 0.4) is 0 Å². The quantitative estimate of drug-likeness (QED) is 0.793. The van der Waals surface area contributed by atoms with Crippen LogP contribution in [-0.2, 0) is 21.4 Å². The SMILES string of the molecule is CCn1cnc(S(=O)(=O)NC(CC(=O)O)CC(C)(C)C)c1. The van der Waals surface area contributed by atoms with Gasteiger partial charge in [-0.3, -0.25) is 4.79 Å². The van der Waals surface area contributed by atoms with Gasteiger partial charge < -0.3 is 9.67 Å². The molecule has 0 bridgehead atoms. The van der Waals surface area contributed by atoms with Crippen molar-refractivity contribution >= 4 is 16.0 Å². The van der Waals surface area contributed by atoms with E-state index in [9.17, 15) is 13.2 Å². The number of hydrogen-bond acceptors (Lipinski definition) is 4. The third kappa shape index (κ3) is 5.84.